The topological polar surface area (TPSA) is 52.9 Å². The number of aromatic nitrogens is 1. The van der Waals surface area contributed by atoms with E-state index >= 15 is 0 Å². The van der Waals surface area contributed by atoms with Crippen molar-refractivity contribution < 1.29 is 4.79 Å². The smallest absolute Gasteiger partial charge is 0.241 e. The van der Waals surface area contributed by atoms with Crippen molar-refractivity contribution in [1.29, 1.82) is 0 Å². The van der Waals surface area contributed by atoms with Crippen molar-refractivity contribution in [3.63, 3.8) is 0 Å². The highest BCUT2D eigenvalue weighted by molar-refractivity contribution is 14.0. The third-order valence-electron chi connectivity index (χ3n) is 4.13. The molecule has 0 aromatic carbocycles. The van der Waals surface area contributed by atoms with Gasteiger partial charge >= 0.3 is 0 Å². The molecule has 1 fully saturated rings. The highest BCUT2D eigenvalue weighted by Gasteiger charge is 2.17. The first-order valence-electron chi connectivity index (χ1n) is 7.91. The molecule has 6 nitrogen and oxygen atoms in total. The molecule has 1 aromatic heterocycles. The van der Waals surface area contributed by atoms with Gasteiger partial charge in [-0.1, -0.05) is 0 Å². The summed E-state index contributed by atoms with van der Waals surface area (Å²) < 4.78 is 2.09. The number of nitrogens with one attached hydrogen (secondary N) is 1. The summed E-state index contributed by atoms with van der Waals surface area (Å²) in [4.78, 5) is 20.4. The molecular formula is C16H28IN5O. The molecule has 23 heavy (non-hydrogen) atoms. The lowest BCUT2D eigenvalue weighted by Crippen LogP contribution is -2.46. The van der Waals surface area contributed by atoms with Gasteiger partial charge in [-0.2, -0.15) is 0 Å². The Bertz CT molecular complexity index is 522. The van der Waals surface area contributed by atoms with Gasteiger partial charge in [-0.25, -0.2) is 0 Å². The van der Waals surface area contributed by atoms with Crippen LogP contribution in [-0.2, 0) is 18.4 Å². The Hall–Kier alpha value is -1.25. The number of halogens is 1. The van der Waals surface area contributed by atoms with Gasteiger partial charge in [0, 0.05) is 46.1 Å². The van der Waals surface area contributed by atoms with Crippen LogP contribution >= 0.6 is 24.0 Å². The summed E-state index contributed by atoms with van der Waals surface area (Å²) in [5.41, 5.74) is 1.20. The second-order valence-electron chi connectivity index (χ2n) is 5.81. The summed E-state index contributed by atoms with van der Waals surface area (Å²) >= 11 is 0. The lowest BCUT2D eigenvalue weighted by atomic mass is 10.1. The fraction of sp³-hybridized carbons (Fsp3) is 0.625. The molecule has 130 valence electrons. The lowest BCUT2D eigenvalue weighted by molar-refractivity contribution is -0.130. The molecule has 1 N–H and O–H groups in total. The van der Waals surface area contributed by atoms with Crippen molar-refractivity contribution in [1.82, 2.24) is 19.7 Å². The Morgan fingerprint density at radius 3 is 2.61 bits per heavy atom. The van der Waals surface area contributed by atoms with E-state index in [2.05, 4.69) is 20.9 Å². The number of carbonyl (C=O) groups is 1. The van der Waals surface area contributed by atoms with Crippen LogP contribution < -0.4 is 5.32 Å². The number of amides is 1. The van der Waals surface area contributed by atoms with E-state index < -0.39 is 0 Å². The maximum absolute atomic E-state index is 12.2. The number of carbonyl (C=O) groups excluding carboxylic acids is 1. The summed E-state index contributed by atoms with van der Waals surface area (Å²) in [6.45, 7) is 2.84. The lowest BCUT2D eigenvalue weighted by Gasteiger charge is -2.28. The molecule has 1 aliphatic rings. The van der Waals surface area contributed by atoms with Crippen molar-refractivity contribution in [2.45, 2.75) is 25.8 Å². The van der Waals surface area contributed by atoms with E-state index in [0.29, 0.717) is 6.54 Å². The molecular weight excluding hydrogens is 405 g/mol. The number of aryl methyl sites for hydroxylation is 1. The Kier molecular flexibility index (Phi) is 8.43. The maximum atomic E-state index is 12.2. The SMILES string of the molecule is CN=C(NCC(=O)N1CCCCC1)N(C)Cc1cccn1C.I. The number of likely N-dealkylation sites (tertiary alicyclic amines) is 1. The summed E-state index contributed by atoms with van der Waals surface area (Å²) in [6.07, 6.45) is 5.50. The van der Waals surface area contributed by atoms with E-state index in [9.17, 15) is 4.79 Å². The fourth-order valence-electron chi connectivity index (χ4n) is 2.77. The molecule has 0 spiro atoms. The molecule has 1 saturated heterocycles. The Morgan fingerprint density at radius 1 is 1.35 bits per heavy atom. The quantitative estimate of drug-likeness (QED) is 0.447. The van der Waals surface area contributed by atoms with Gasteiger partial charge in [-0.05, 0) is 31.4 Å². The van der Waals surface area contributed by atoms with E-state index in [-0.39, 0.29) is 29.9 Å². The van der Waals surface area contributed by atoms with Crippen LogP contribution in [0.25, 0.3) is 0 Å². The minimum atomic E-state index is 0. The van der Waals surface area contributed by atoms with Crippen molar-refractivity contribution in [2.24, 2.45) is 12.0 Å². The van der Waals surface area contributed by atoms with Gasteiger partial charge in [0.1, 0.15) is 0 Å². The molecule has 0 bridgehead atoms. The van der Waals surface area contributed by atoms with Crippen LogP contribution in [-0.4, -0.2) is 60.0 Å². The van der Waals surface area contributed by atoms with Crippen LogP contribution in [0.15, 0.2) is 23.3 Å². The number of nitrogens with zero attached hydrogens (tertiary/aromatic N) is 4. The fourth-order valence-corrected chi connectivity index (χ4v) is 2.77. The van der Waals surface area contributed by atoms with Gasteiger partial charge in [0.05, 0.1) is 13.1 Å². The van der Waals surface area contributed by atoms with E-state index in [1.54, 1.807) is 7.05 Å². The van der Waals surface area contributed by atoms with Gasteiger partial charge < -0.3 is 19.7 Å². The average Bonchev–Trinajstić information content (AvgIpc) is 2.93. The number of guanidine groups is 1. The van der Waals surface area contributed by atoms with Crippen molar-refractivity contribution >= 4 is 35.8 Å². The molecule has 7 heteroatoms. The molecule has 2 heterocycles. The van der Waals surface area contributed by atoms with Gasteiger partial charge in [-0.3, -0.25) is 9.79 Å². The summed E-state index contributed by atoms with van der Waals surface area (Å²) in [5, 5.41) is 3.17. The van der Waals surface area contributed by atoms with Crippen molar-refractivity contribution in [3.05, 3.63) is 24.0 Å². The Balaban J connectivity index is 0.00000264. The normalized spacial score (nSPS) is 15.1. The monoisotopic (exact) mass is 433 g/mol. The Labute approximate surface area is 155 Å². The second kappa shape index (κ2) is 9.79. The van der Waals surface area contributed by atoms with Gasteiger partial charge in [0.25, 0.3) is 0 Å². The second-order valence-corrected chi connectivity index (χ2v) is 5.81. The number of hydrogen-bond acceptors (Lipinski definition) is 2. The van der Waals surface area contributed by atoms with Crippen LogP contribution in [0.5, 0.6) is 0 Å². The predicted molar refractivity (Wildman–Crippen MR) is 104 cm³/mol. The number of piperidine rings is 1. The summed E-state index contributed by atoms with van der Waals surface area (Å²) in [5.74, 6) is 0.902. The molecule has 0 atom stereocenters. The molecule has 2 rings (SSSR count). The van der Waals surface area contributed by atoms with Crippen LogP contribution in [0.2, 0.25) is 0 Å². The number of aliphatic imine (C=N–C) groups is 1. The van der Waals surface area contributed by atoms with Crippen molar-refractivity contribution in [2.75, 3.05) is 33.7 Å². The van der Waals surface area contributed by atoms with Crippen LogP contribution in [0.3, 0.4) is 0 Å². The van der Waals surface area contributed by atoms with E-state index in [0.717, 1.165) is 38.4 Å². The molecule has 1 amide bonds. The highest BCUT2D eigenvalue weighted by Crippen LogP contribution is 2.08. The van der Waals surface area contributed by atoms with Crippen molar-refractivity contribution in [3.8, 4) is 0 Å². The zero-order valence-corrected chi connectivity index (χ0v) is 16.6. The van der Waals surface area contributed by atoms with Gasteiger partial charge in [-0.15, -0.1) is 24.0 Å². The van der Waals surface area contributed by atoms with E-state index in [1.165, 1.54) is 12.1 Å². The predicted octanol–water partition coefficient (Wildman–Crippen LogP) is 1.66. The van der Waals surface area contributed by atoms with Gasteiger partial charge in [0.15, 0.2) is 5.96 Å². The average molecular weight is 433 g/mol. The van der Waals surface area contributed by atoms with E-state index in [4.69, 9.17) is 0 Å². The largest absolute Gasteiger partial charge is 0.353 e. The third kappa shape index (κ3) is 5.71. The zero-order chi connectivity index (χ0) is 15.9. The Morgan fingerprint density at radius 2 is 2.04 bits per heavy atom. The molecule has 0 aliphatic carbocycles. The number of hydrogen-bond donors (Lipinski definition) is 1. The minimum Gasteiger partial charge on any atom is -0.353 e. The standard InChI is InChI=1S/C16H27N5O.HI/c1-17-16(20(3)13-14-8-7-9-19(14)2)18-12-15(22)21-10-5-4-6-11-21;/h7-9H,4-6,10-13H2,1-3H3,(H,17,18);1H. The van der Waals surface area contributed by atoms with Crippen LogP contribution in [0, 0.1) is 0 Å². The molecule has 0 radical (unpaired) electrons. The molecule has 0 unspecified atom stereocenters. The maximum Gasteiger partial charge on any atom is 0.241 e. The third-order valence-corrected chi connectivity index (χ3v) is 4.13. The zero-order valence-electron chi connectivity index (χ0n) is 14.3. The van der Waals surface area contributed by atoms with E-state index in [1.807, 2.05) is 36.2 Å². The van der Waals surface area contributed by atoms with Crippen LogP contribution in [0.4, 0.5) is 0 Å². The summed E-state index contributed by atoms with van der Waals surface area (Å²) in [7, 11) is 5.75. The molecule has 1 aliphatic heterocycles. The first kappa shape index (κ1) is 19.8. The number of rotatable bonds is 4. The summed E-state index contributed by atoms with van der Waals surface area (Å²) in [6, 6.07) is 4.11. The molecule has 0 saturated carbocycles. The first-order chi connectivity index (χ1) is 10.6. The highest BCUT2D eigenvalue weighted by atomic mass is 127. The minimum absolute atomic E-state index is 0. The van der Waals surface area contributed by atoms with Crippen LogP contribution in [0.1, 0.15) is 25.0 Å². The molecule has 1 aromatic rings. The van der Waals surface area contributed by atoms with Gasteiger partial charge in [0.2, 0.25) is 5.91 Å². The first-order valence-corrected chi connectivity index (χ1v) is 7.91.